The number of hydrogen-bond acceptors (Lipinski definition) is 6. The minimum Gasteiger partial charge on any atom is -0.497 e. The fourth-order valence-corrected chi connectivity index (χ4v) is 2.30. The number of anilines is 4. The van der Waals surface area contributed by atoms with Crippen LogP contribution in [-0.2, 0) is 0 Å². The number of halogens is 3. The van der Waals surface area contributed by atoms with Crippen LogP contribution in [0.25, 0.3) is 0 Å². The number of ether oxygens (including phenoxy) is 2. The van der Waals surface area contributed by atoms with Gasteiger partial charge in [0.1, 0.15) is 29.5 Å². The summed E-state index contributed by atoms with van der Waals surface area (Å²) in [6, 6.07) is 8.54. The topological polar surface area (TPSA) is 68.3 Å². The molecule has 140 valence electrons. The second-order valence-electron chi connectivity index (χ2n) is 5.33. The first-order chi connectivity index (χ1) is 13.0. The molecular weight excluding hydrogens is 361 g/mol. The van der Waals surface area contributed by atoms with Crippen molar-refractivity contribution in [3.05, 3.63) is 60.2 Å². The SMILES string of the molecule is COc1ccc(OC)c(Nc2cc(Nc3ccc(F)c(F)c3F)ncn2)c1. The average Bonchev–Trinajstić information content (AvgIpc) is 2.68. The lowest BCUT2D eigenvalue weighted by molar-refractivity contribution is 0.405. The molecule has 0 spiro atoms. The van der Waals surface area contributed by atoms with Crippen LogP contribution in [0.2, 0.25) is 0 Å². The molecule has 0 atom stereocenters. The van der Waals surface area contributed by atoms with Gasteiger partial charge in [0, 0.05) is 12.1 Å². The standard InChI is InChI=1S/C18H15F3N4O2/c1-26-10-3-6-14(27-2)13(7-10)25-16-8-15(22-9-23-16)24-12-5-4-11(19)17(20)18(12)21/h3-9H,1-2H3,(H2,22,23,24,25). The van der Waals surface area contributed by atoms with Crippen LogP contribution in [0.5, 0.6) is 11.5 Å². The van der Waals surface area contributed by atoms with Crippen molar-refractivity contribution in [3.63, 3.8) is 0 Å². The maximum absolute atomic E-state index is 13.8. The average molecular weight is 376 g/mol. The monoisotopic (exact) mass is 376 g/mol. The van der Waals surface area contributed by atoms with Crippen LogP contribution < -0.4 is 20.1 Å². The summed E-state index contributed by atoms with van der Waals surface area (Å²) in [6.07, 6.45) is 1.23. The molecule has 0 amide bonds. The molecule has 9 heteroatoms. The predicted octanol–water partition coefficient (Wildman–Crippen LogP) is 4.40. The Kier molecular flexibility index (Phi) is 5.30. The zero-order valence-corrected chi connectivity index (χ0v) is 14.4. The van der Waals surface area contributed by atoms with Crippen LogP contribution in [0.15, 0.2) is 42.7 Å². The van der Waals surface area contributed by atoms with Gasteiger partial charge in [-0.1, -0.05) is 0 Å². The number of hydrogen-bond donors (Lipinski definition) is 2. The van der Waals surface area contributed by atoms with Crippen molar-refractivity contribution in [2.75, 3.05) is 24.9 Å². The number of aromatic nitrogens is 2. The summed E-state index contributed by atoms with van der Waals surface area (Å²) in [6.45, 7) is 0. The van der Waals surface area contributed by atoms with Crippen LogP contribution >= 0.6 is 0 Å². The largest absolute Gasteiger partial charge is 0.497 e. The van der Waals surface area contributed by atoms with Gasteiger partial charge in [-0.05, 0) is 24.3 Å². The number of nitrogens with one attached hydrogen (secondary N) is 2. The highest BCUT2D eigenvalue weighted by atomic mass is 19.2. The van der Waals surface area contributed by atoms with Crippen molar-refractivity contribution in [1.29, 1.82) is 0 Å². The lowest BCUT2D eigenvalue weighted by atomic mass is 10.2. The van der Waals surface area contributed by atoms with E-state index in [4.69, 9.17) is 9.47 Å². The van der Waals surface area contributed by atoms with Crippen molar-refractivity contribution in [3.8, 4) is 11.5 Å². The van der Waals surface area contributed by atoms with Gasteiger partial charge in [0.15, 0.2) is 17.5 Å². The van der Waals surface area contributed by atoms with Gasteiger partial charge >= 0.3 is 0 Å². The molecule has 6 nitrogen and oxygen atoms in total. The van der Waals surface area contributed by atoms with Crippen LogP contribution in [0.3, 0.4) is 0 Å². The molecule has 0 saturated heterocycles. The van der Waals surface area contributed by atoms with Gasteiger partial charge in [0.05, 0.1) is 25.6 Å². The van der Waals surface area contributed by atoms with E-state index in [0.29, 0.717) is 23.0 Å². The van der Waals surface area contributed by atoms with Gasteiger partial charge in [-0.15, -0.1) is 0 Å². The normalized spacial score (nSPS) is 10.4. The molecule has 1 heterocycles. The summed E-state index contributed by atoms with van der Waals surface area (Å²) in [5.74, 6) is -2.47. The highest BCUT2D eigenvalue weighted by Crippen LogP contribution is 2.31. The van der Waals surface area contributed by atoms with Crippen molar-refractivity contribution in [2.24, 2.45) is 0 Å². The van der Waals surface area contributed by atoms with Crippen molar-refractivity contribution in [1.82, 2.24) is 9.97 Å². The summed E-state index contributed by atoms with van der Waals surface area (Å²) in [5.41, 5.74) is 0.331. The van der Waals surface area contributed by atoms with Crippen LogP contribution in [-0.4, -0.2) is 24.2 Å². The van der Waals surface area contributed by atoms with Gasteiger partial charge < -0.3 is 20.1 Å². The molecule has 2 N–H and O–H groups in total. The zero-order chi connectivity index (χ0) is 19.4. The number of methoxy groups -OCH3 is 2. The molecular formula is C18H15F3N4O2. The van der Waals surface area contributed by atoms with Crippen molar-refractivity contribution < 1.29 is 22.6 Å². The lowest BCUT2D eigenvalue weighted by Crippen LogP contribution is -2.02. The van der Waals surface area contributed by atoms with E-state index < -0.39 is 17.5 Å². The Morgan fingerprint density at radius 3 is 2.15 bits per heavy atom. The number of benzene rings is 2. The summed E-state index contributed by atoms with van der Waals surface area (Å²) in [4.78, 5) is 8.02. The molecule has 2 aromatic carbocycles. The Hall–Kier alpha value is -3.49. The first-order valence-corrected chi connectivity index (χ1v) is 7.73. The molecule has 0 bridgehead atoms. The third kappa shape index (κ3) is 4.02. The van der Waals surface area contributed by atoms with Gasteiger partial charge in [-0.25, -0.2) is 23.1 Å². The molecule has 1 aromatic heterocycles. The molecule has 0 unspecified atom stereocenters. The predicted molar refractivity (Wildman–Crippen MR) is 94.5 cm³/mol. The van der Waals surface area contributed by atoms with E-state index in [1.807, 2.05) is 0 Å². The summed E-state index contributed by atoms with van der Waals surface area (Å²) >= 11 is 0. The first kappa shape index (κ1) is 18.3. The Morgan fingerprint density at radius 2 is 1.48 bits per heavy atom. The van der Waals surface area contributed by atoms with E-state index in [1.165, 1.54) is 26.6 Å². The van der Waals surface area contributed by atoms with Gasteiger partial charge in [-0.2, -0.15) is 0 Å². The highest BCUT2D eigenvalue weighted by Gasteiger charge is 2.14. The maximum atomic E-state index is 13.8. The minimum atomic E-state index is -1.56. The van der Waals surface area contributed by atoms with Crippen LogP contribution in [0, 0.1) is 17.5 Å². The second kappa shape index (κ2) is 7.81. The smallest absolute Gasteiger partial charge is 0.196 e. The second-order valence-corrected chi connectivity index (χ2v) is 5.33. The highest BCUT2D eigenvalue weighted by molar-refractivity contribution is 5.68. The lowest BCUT2D eigenvalue weighted by Gasteiger charge is -2.13. The molecule has 0 radical (unpaired) electrons. The maximum Gasteiger partial charge on any atom is 0.196 e. The van der Waals surface area contributed by atoms with Crippen molar-refractivity contribution >= 4 is 23.0 Å². The van der Waals surface area contributed by atoms with Gasteiger partial charge in [0.2, 0.25) is 0 Å². The number of nitrogens with zero attached hydrogens (tertiary/aromatic N) is 2. The molecule has 0 aliphatic rings. The zero-order valence-electron chi connectivity index (χ0n) is 14.4. The van der Waals surface area contributed by atoms with E-state index in [2.05, 4.69) is 20.6 Å². The van der Waals surface area contributed by atoms with Gasteiger partial charge in [0.25, 0.3) is 0 Å². The Morgan fingerprint density at radius 1 is 0.778 bits per heavy atom. The summed E-state index contributed by atoms with van der Waals surface area (Å²) in [7, 11) is 3.06. The molecule has 0 saturated carbocycles. The van der Waals surface area contributed by atoms with Crippen LogP contribution in [0.4, 0.5) is 36.2 Å². The van der Waals surface area contributed by atoms with E-state index in [1.54, 1.807) is 18.2 Å². The summed E-state index contributed by atoms with van der Waals surface area (Å²) < 4.78 is 50.7. The molecule has 0 fully saturated rings. The van der Waals surface area contributed by atoms with Crippen molar-refractivity contribution in [2.45, 2.75) is 0 Å². The molecule has 27 heavy (non-hydrogen) atoms. The Bertz CT molecular complexity index is 969. The van der Waals surface area contributed by atoms with E-state index in [-0.39, 0.29) is 11.5 Å². The third-order valence-electron chi connectivity index (χ3n) is 3.63. The Balaban J connectivity index is 1.86. The fourth-order valence-electron chi connectivity index (χ4n) is 2.30. The minimum absolute atomic E-state index is 0.180. The Labute approximate surface area is 153 Å². The third-order valence-corrected chi connectivity index (χ3v) is 3.63. The van der Waals surface area contributed by atoms with E-state index >= 15 is 0 Å². The molecule has 0 aliphatic carbocycles. The number of rotatable bonds is 6. The fraction of sp³-hybridized carbons (Fsp3) is 0.111. The van der Waals surface area contributed by atoms with E-state index in [0.717, 1.165) is 12.1 Å². The molecule has 3 aromatic rings. The summed E-state index contributed by atoms with van der Waals surface area (Å²) in [5, 5.41) is 5.62. The van der Waals surface area contributed by atoms with E-state index in [9.17, 15) is 13.2 Å². The van der Waals surface area contributed by atoms with Crippen LogP contribution in [0.1, 0.15) is 0 Å². The van der Waals surface area contributed by atoms with Gasteiger partial charge in [-0.3, -0.25) is 0 Å². The molecule has 3 rings (SSSR count). The molecule has 0 aliphatic heterocycles. The quantitative estimate of drug-likeness (QED) is 0.622. The first-order valence-electron chi connectivity index (χ1n) is 7.73.